The second kappa shape index (κ2) is 5.20. The lowest BCUT2D eigenvalue weighted by atomic mass is 9.98. The lowest BCUT2D eigenvalue weighted by Gasteiger charge is -2.17. The lowest BCUT2D eigenvalue weighted by Crippen LogP contribution is -2.17. The number of hydrogen-bond donors (Lipinski definition) is 1. The first-order valence-electron chi connectivity index (χ1n) is 7.34. The maximum absolute atomic E-state index is 4.75. The predicted octanol–water partition coefficient (Wildman–Crippen LogP) is 4.39. The van der Waals surface area contributed by atoms with Crippen LogP contribution in [0.15, 0.2) is 30.3 Å². The minimum Gasteiger partial charge on any atom is -0.370 e. The number of aryl methyl sites for hydroxylation is 1. The maximum Gasteiger partial charge on any atom is 0.129 e. The molecule has 2 aromatic rings. The quantitative estimate of drug-likeness (QED) is 0.878. The molecule has 2 nitrogen and oxygen atoms in total. The lowest BCUT2D eigenvalue weighted by molar-refractivity contribution is 0.439. The van der Waals surface area contributed by atoms with Crippen LogP contribution in [0.3, 0.4) is 0 Å². The molecule has 0 spiro atoms. The Hall–Kier alpha value is -1.57. The Bertz CT molecular complexity index is 576. The van der Waals surface area contributed by atoms with Gasteiger partial charge in [0, 0.05) is 11.9 Å². The van der Waals surface area contributed by atoms with Crippen LogP contribution in [0.4, 0.5) is 5.82 Å². The van der Waals surface area contributed by atoms with Crippen LogP contribution in [0, 0.1) is 18.8 Å². The van der Waals surface area contributed by atoms with E-state index in [-0.39, 0.29) is 0 Å². The monoisotopic (exact) mass is 254 g/mol. The van der Waals surface area contributed by atoms with Crippen molar-refractivity contribution in [2.24, 2.45) is 11.8 Å². The van der Waals surface area contributed by atoms with Crippen LogP contribution in [0.5, 0.6) is 0 Å². The fourth-order valence-corrected chi connectivity index (χ4v) is 3.15. The highest BCUT2D eigenvalue weighted by atomic mass is 15.0. The summed E-state index contributed by atoms with van der Waals surface area (Å²) in [5.41, 5.74) is 2.32. The highest BCUT2D eigenvalue weighted by Gasteiger charge is 2.23. The van der Waals surface area contributed by atoms with E-state index in [1.165, 1.54) is 30.2 Å². The third-order valence-electron chi connectivity index (χ3n) is 4.49. The van der Waals surface area contributed by atoms with Crippen molar-refractivity contribution >= 4 is 16.7 Å². The van der Waals surface area contributed by atoms with Crippen LogP contribution >= 0.6 is 0 Å². The number of hydrogen-bond acceptors (Lipinski definition) is 2. The Kier molecular flexibility index (Phi) is 3.41. The van der Waals surface area contributed by atoms with Crippen LogP contribution in [-0.2, 0) is 0 Å². The second-order valence-electron chi connectivity index (χ2n) is 5.90. The molecule has 1 fully saturated rings. The highest BCUT2D eigenvalue weighted by molar-refractivity contribution is 5.81. The summed E-state index contributed by atoms with van der Waals surface area (Å²) < 4.78 is 0. The molecule has 1 aromatic carbocycles. The van der Waals surface area contributed by atoms with Gasteiger partial charge >= 0.3 is 0 Å². The van der Waals surface area contributed by atoms with Crippen molar-refractivity contribution < 1.29 is 0 Å². The van der Waals surface area contributed by atoms with Crippen LogP contribution in [0.1, 0.15) is 31.7 Å². The molecule has 0 aliphatic heterocycles. The van der Waals surface area contributed by atoms with Crippen LogP contribution in [0.25, 0.3) is 10.9 Å². The van der Waals surface area contributed by atoms with E-state index in [1.807, 2.05) is 6.07 Å². The average Bonchev–Trinajstić information content (AvgIpc) is 2.82. The van der Waals surface area contributed by atoms with E-state index in [0.29, 0.717) is 0 Å². The summed E-state index contributed by atoms with van der Waals surface area (Å²) in [6.07, 6.45) is 4.13. The number of nitrogens with one attached hydrogen (secondary N) is 1. The molecule has 0 bridgehead atoms. The second-order valence-corrected chi connectivity index (χ2v) is 5.90. The van der Waals surface area contributed by atoms with Gasteiger partial charge in [0.05, 0.1) is 5.52 Å². The number of pyridine rings is 1. The van der Waals surface area contributed by atoms with Gasteiger partial charge in [-0.25, -0.2) is 4.98 Å². The summed E-state index contributed by atoms with van der Waals surface area (Å²) in [7, 11) is 0. The smallest absolute Gasteiger partial charge is 0.129 e. The van der Waals surface area contributed by atoms with Crippen molar-refractivity contribution in [2.45, 2.75) is 33.1 Å². The normalized spacial score (nSPS) is 22.8. The number of nitrogens with zero attached hydrogens (tertiary/aromatic N) is 1. The first-order chi connectivity index (χ1) is 9.24. The van der Waals surface area contributed by atoms with Crippen molar-refractivity contribution in [2.75, 3.05) is 11.9 Å². The van der Waals surface area contributed by atoms with E-state index in [9.17, 15) is 0 Å². The van der Waals surface area contributed by atoms with Crippen LogP contribution in [-0.4, -0.2) is 11.5 Å². The first-order valence-corrected chi connectivity index (χ1v) is 7.34. The molecule has 100 valence electrons. The molecule has 3 rings (SSSR count). The third-order valence-corrected chi connectivity index (χ3v) is 4.49. The Morgan fingerprint density at radius 1 is 1.26 bits per heavy atom. The van der Waals surface area contributed by atoms with Gasteiger partial charge in [-0.1, -0.05) is 38.0 Å². The molecule has 1 saturated carbocycles. The van der Waals surface area contributed by atoms with E-state index in [4.69, 9.17) is 4.98 Å². The minimum atomic E-state index is 0.813. The number of anilines is 1. The van der Waals surface area contributed by atoms with Gasteiger partial charge in [-0.15, -0.1) is 0 Å². The van der Waals surface area contributed by atoms with Gasteiger partial charge in [-0.2, -0.15) is 0 Å². The standard InChI is InChI=1S/C17H22N2/c1-12-6-5-8-15(12)11-18-17-13(2)10-14-7-3-4-9-16(14)19-17/h3-4,7,9-10,12,15H,5-6,8,11H2,1-2H3,(H,18,19). The van der Waals surface area contributed by atoms with Crippen molar-refractivity contribution in [3.8, 4) is 0 Å². The van der Waals surface area contributed by atoms with Crippen LogP contribution < -0.4 is 5.32 Å². The van der Waals surface area contributed by atoms with Crippen molar-refractivity contribution in [3.05, 3.63) is 35.9 Å². The SMILES string of the molecule is Cc1cc2ccccc2nc1NCC1CCCC1C. The van der Waals surface area contributed by atoms with Gasteiger partial charge < -0.3 is 5.32 Å². The summed E-state index contributed by atoms with van der Waals surface area (Å²) in [4.78, 5) is 4.75. The molecule has 2 heteroatoms. The molecule has 0 amide bonds. The summed E-state index contributed by atoms with van der Waals surface area (Å²) in [5.74, 6) is 2.72. The molecule has 1 heterocycles. The highest BCUT2D eigenvalue weighted by Crippen LogP contribution is 2.31. The van der Waals surface area contributed by atoms with E-state index in [1.54, 1.807) is 0 Å². The maximum atomic E-state index is 4.75. The minimum absolute atomic E-state index is 0.813. The van der Waals surface area contributed by atoms with Gasteiger partial charge in [0.2, 0.25) is 0 Å². The molecule has 0 radical (unpaired) electrons. The summed E-state index contributed by atoms with van der Waals surface area (Å²) in [6, 6.07) is 10.5. The third kappa shape index (κ3) is 2.58. The number of fused-ring (bicyclic) bond motifs is 1. The van der Waals surface area contributed by atoms with Gasteiger partial charge in [-0.05, 0) is 42.9 Å². The van der Waals surface area contributed by atoms with E-state index >= 15 is 0 Å². The molecule has 0 saturated heterocycles. The zero-order valence-electron chi connectivity index (χ0n) is 11.8. The summed E-state index contributed by atoms with van der Waals surface area (Å²) >= 11 is 0. The number of para-hydroxylation sites is 1. The number of aromatic nitrogens is 1. The Labute approximate surface area is 115 Å². The molecule has 1 aliphatic carbocycles. The van der Waals surface area contributed by atoms with Gasteiger partial charge in [0.1, 0.15) is 5.82 Å². The fraction of sp³-hybridized carbons (Fsp3) is 0.471. The molecule has 2 atom stereocenters. The van der Waals surface area contributed by atoms with Crippen molar-refractivity contribution in [1.82, 2.24) is 4.98 Å². The Morgan fingerprint density at radius 3 is 2.89 bits per heavy atom. The largest absolute Gasteiger partial charge is 0.370 e. The van der Waals surface area contributed by atoms with Gasteiger partial charge in [0.25, 0.3) is 0 Å². The van der Waals surface area contributed by atoms with Crippen molar-refractivity contribution in [1.29, 1.82) is 0 Å². The van der Waals surface area contributed by atoms with Gasteiger partial charge in [-0.3, -0.25) is 0 Å². The molecule has 1 N–H and O–H groups in total. The summed E-state index contributed by atoms with van der Waals surface area (Å²) in [5, 5.41) is 4.79. The Balaban J connectivity index is 1.78. The molecular weight excluding hydrogens is 232 g/mol. The van der Waals surface area contributed by atoms with Gasteiger partial charge in [0.15, 0.2) is 0 Å². The van der Waals surface area contributed by atoms with E-state index in [0.717, 1.165) is 29.7 Å². The molecule has 19 heavy (non-hydrogen) atoms. The number of rotatable bonds is 3. The average molecular weight is 254 g/mol. The van der Waals surface area contributed by atoms with E-state index < -0.39 is 0 Å². The zero-order valence-corrected chi connectivity index (χ0v) is 11.8. The van der Waals surface area contributed by atoms with Crippen molar-refractivity contribution in [3.63, 3.8) is 0 Å². The molecule has 1 aliphatic rings. The summed E-state index contributed by atoms with van der Waals surface area (Å²) in [6.45, 7) is 5.58. The molecular formula is C17H22N2. The molecule has 1 aromatic heterocycles. The molecule has 2 unspecified atom stereocenters. The van der Waals surface area contributed by atoms with E-state index in [2.05, 4.69) is 43.4 Å². The zero-order chi connectivity index (χ0) is 13.2. The number of benzene rings is 1. The topological polar surface area (TPSA) is 24.9 Å². The Morgan fingerprint density at radius 2 is 2.11 bits per heavy atom. The predicted molar refractivity (Wildman–Crippen MR) is 81.5 cm³/mol. The fourth-order valence-electron chi connectivity index (χ4n) is 3.15. The first kappa shape index (κ1) is 12.5. The van der Waals surface area contributed by atoms with Crippen LogP contribution in [0.2, 0.25) is 0 Å².